The molecule has 4 rings (SSSR count). The van der Waals surface area contributed by atoms with E-state index in [0.29, 0.717) is 41.6 Å². The van der Waals surface area contributed by atoms with Crippen LogP contribution in [0.5, 0.6) is 0 Å². The maximum absolute atomic E-state index is 11.9. The predicted octanol–water partition coefficient (Wildman–Crippen LogP) is 0.411. The van der Waals surface area contributed by atoms with E-state index in [1.807, 2.05) is 43.0 Å². The zero-order valence-corrected chi connectivity index (χ0v) is 18.7. The summed E-state index contributed by atoms with van der Waals surface area (Å²) in [7, 11) is 2.18. The Morgan fingerprint density at radius 2 is 2.00 bits per heavy atom. The Bertz CT molecular complexity index is 1190. The second kappa shape index (κ2) is 9.04. The van der Waals surface area contributed by atoms with Crippen LogP contribution in [0.25, 0.3) is 0 Å². The fraction of sp³-hybridized carbons (Fsp3) is 0.273. The van der Waals surface area contributed by atoms with Crippen molar-refractivity contribution in [2.24, 2.45) is 5.73 Å². The minimum absolute atomic E-state index is 0.0167. The Morgan fingerprint density at radius 3 is 2.70 bits per heavy atom. The Labute approximate surface area is 192 Å². The molecule has 1 aliphatic heterocycles. The third-order valence-electron chi connectivity index (χ3n) is 5.62. The van der Waals surface area contributed by atoms with Crippen molar-refractivity contribution >= 4 is 41.8 Å². The summed E-state index contributed by atoms with van der Waals surface area (Å²) in [4.78, 5) is 20.4. The summed E-state index contributed by atoms with van der Waals surface area (Å²) in [5.41, 5.74) is 9.07. The lowest BCUT2D eigenvalue weighted by molar-refractivity contribution is 0.0999. The summed E-state index contributed by atoms with van der Waals surface area (Å²) in [6.07, 6.45) is 0.645. The number of carbonyl (C=O) groups is 1. The van der Waals surface area contributed by atoms with E-state index in [1.54, 1.807) is 30.3 Å². The van der Waals surface area contributed by atoms with E-state index in [4.69, 9.17) is 10.7 Å². The molecule has 0 spiro atoms. The Kier molecular flexibility index (Phi) is 6.17. The first-order chi connectivity index (χ1) is 15.8. The standard InChI is InChI=1S/C22H26BN7O3/c1-13-10-17-16(19(24)31)8-5-9-18(17)30(13)22-26-20(21(27-28-22)29(2)3)25-12-14-6-4-7-15(11-14)23(32)33/h4-9,11,13,32-33H,10,12H2,1-3H3,(H2,24,31)(H,25,26,28). The van der Waals surface area contributed by atoms with Gasteiger partial charge in [-0.3, -0.25) is 4.79 Å². The molecule has 2 heterocycles. The number of aromatic nitrogens is 3. The molecule has 1 amide bonds. The number of hydrogen-bond acceptors (Lipinski definition) is 9. The number of anilines is 4. The van der Waals surface area contributed by atoms with Gasteiger partial charge in [-0.15, -0.1) is 10.2 Å². The molecular weight excluding hydrogens is 421 g/mol. The summed E-state index contributed by atoms with van der Waals surface area (Å²) >= 11 is 0. The molecule has 0 radical (unpaired) electrons. The Morgan fingerprint density at radius 1 is 1.24 bits per heavy atom. The van der Waals surface area contributed by atoms with Crippen LogP contribution in [0, 0.1) is 0 Å². The monoisotopic (exact) mass is 447 g/mol. The van der Waals surface area contributed by atoms with Crippen molar-refractivity contribution in [1.82, 2.24) is 15.2 Å². The summed E-state index contributed by atoms with van der Waals surface area (Å²) in [6, 6.07) is 12.5. The van der Waals surface area contributed by atoms with Crippen LogP contribution in [0.15, 0.2) is 42.5 Å². The van der Waals surface area contributed by atoms with Crippen LogP contribution in [-0.4, -0.2) is 58.4 Å². The zero-order chi connectivity index (χ0) is 23.7. The normalized spacial score (nSPS) is 14.7. The maximum Gasteiger partial charge on any atom is 0.488 e. The lowest BCUT2D eigenvalue weighted by atomic mass is 9.80. The van der Waals surface area contributed by atoms with Crippen LogP contribution in [-0.2, 0) is 13.0 Å². The van der Waals surface area contributed by atoms with Crippen molar-refractivity contribution in [3.8, 4) is 0 Å². The fourth-order valence-electron chi connectivity index (χ4n) is 4.06. The average molecular weight is 447 g/mol. The molecule has 5 N–H and O–H groups in total. The number of primary amides is 1. The molecule has 0 saturated heterocycles. The fourth-order valence-corrected chi connectivity index (χ4v) is 4.06. The van der Waals surface area contributed by atoms with E-state index in [-0.39, 0.29) is 6.04 Å². The third-order valence-corrected chi connectivity index (χ3v) is 5.62. The second-order valence-electron chi connectivity index (χ2n) is 8.24. The van der Waals surface area contributed by atoms with E-state index in [9.17, 15) is 14.8 Å². The van der Waals surface area contributed by atoms with Crippen molar-refractivity contribution in [2.45, 2.75) is 25.9 Å². The molecule has 0 aliphatic carbocycles. The second-order valence-corrected chi connectivity index (χ2v) is 8.24. The average Bonchev–Trinajstić information content (AvgIpc) is 3.13. The topological polar surface area (TPSA) is 141 Å². The van der Waals surface area contributed by atoms with Crippen LogP contribution in [0.3, 0.4) is 0 Å². The predicted molar refractivity (Wildman–Crippen MR) is 128 cm³/mol. The lowest BCUT2D eigenvalue weighted by Gasteiger charge is -2.24. The van der Waals surface area contributed by atoms with Gasteiger partial charge in [0.05, 0.1) is 0 Å². The number of nitrogens with one attached hydrogen (secondary N) is 1. The van der Waals surface area contributed by atoms with E-state index in [0.717, 1.165) is 16.8 Å². The summed E-state index contributed by atoms with van der Waals surface area (Å²) in [5.74, 6) is 1.05. The van der Waals surface area contributed by atoms with Crippen molar-refractivity contribution in [2.75, 3.05) is 29.2 Å². The number of carbonyl (C=O) groups excluding carboxylic acids is 1. The van der Waals surface area contributed by atoms with Crippen molar-refractivity contribution in [3.63, 3.8) is 0 Å². The molecule has 0 fully saturated rings. The summed E-state index contributed by atoms with van der Waals surface area (Å²) in [5, 5.41) is 30.9. The van der Waals surface area contributed by atoms with Gasteiger partial charge in [0, 0.05) is 37.9 Å². The molecule has 11 heteroatoms. The molecule has 1 unspecified atom stereocenters. The molecule has 0 saturated carbocycles. The van der Waals surface area contributed by atoms with Crippen molar-refractivity contribution in [3.05, 3.63) is 59.2 Å². The first-order valence-electron chi connectivity index (χ1n) is 10.6. The van der Waals surface area contributed by atoms with Crippen LogP contribution in [0.4, 0.5) is 23.3 Å². The highest BCUT2D eigenvalue weighted by molar-refractivity contribution is 6.58. The number of amides is 1. The largest absolute Gasteiger partial charge is 0.488 e. The van der Waals surface area contributed by atoms with Crippen LogP contribution < -0.4 is 26.3 Å². The van der Waals surface area contributed by atoms with Gasteiger partial charge in [0.2, 0.25) is 5.91 Å². The molecule has 0 bridgehead atoms. The van der Waals surface area contributed by atoms with Gasteiger partial charge in [-0.25, -0.2) is 0 Å². The smallest absolute Gasteiger partial charge is 0.423 e. The SMILES string of the molecule is CC1Cc2c(C(N)=O)cccc2N1c1nnc(N(C)C)c(NCc2cccc(B(O)O)c2)n1. The first-order valence-corrected chi connectivity index (χ1v) is 10.6. The van der Waals surface area contributed by atoms with Crippen molar-refractivity contribution < 1.29 is 14.8 Å². The van der Waals surface area contributed by atoms with Gasteiger partial charge in [-0.1, -0.05) is 30.3 Å². The van der Waals surface area contributed by atoms with Gasteiger partial charge in [-0.2, -0.15) is 4.98 Å². The highest BCUT2D eigenvalue weighted by Crippen LogP contribution is 2.39. The van der Waals surface area contributed by atoms with E-state index >= 15 is 0 Å². The maximum atomic E-state index is 11.9. The first kappa shape index (κ1) is 22.5. The van der Waals surface area contributed by atoms with E-state index in [1.165, 1.54) is 0 Å². The van der Waals surface area contributed by atoms with Crippen LogP contribution >= 0.6 is 0 Å². The number of rotatable bonds is 7. The lowest BCUT2D eigenvalue weighted by Crippen LogP contribution is -2.30. The Hall–Kier alpha value is -3.70. The quantitative estimate of drug-likeness (QED) is 0.379. The van der Waals surface area contributed by atoms with E-state index in [2.05, 4.69) is 15.5 Å². The number of nitrogens with two attached hydrogens (primary N) is 1. The molecule has 1 atom stereocenters. The Balaban J connectivity index is 1.67. The minimum atomic E-state index is -1.53. The number of nitrogens with zero attached hydrogens (tertiary/aromatic N) is 5. The van der Waals surface area contributed by atoms with Gasteiger partial charge >= 0.3 is 7.12 Å². The summed E-state index contributed by atoms with van der Waals surface area (Å²) < 4.78 is 0. The number of hydrogen-bond donors (Lipinski definition) is 4. The van der Waals surface area contributed by atoms with Gasteiger partial charge in [0.25, 0.3) is 5.95 Å². The van der Waals surface area contributed by atoms with Crippen LogP contribution in [0.2, 0.25) is 0 Å². The summed E-state index contributed by atoms with van der Waals surface area (Å²) in [6.45, 7) is 2.43. The highest BCUT2D eigenvalue weighted by atomic mass is 16.4. The molecular formula is C22H26BN7O3. The molecule has 3 aromatic rings. The van der Waals surface area contributed by atoms with Gasteiger partial charge in [0.1, 0.15) is 0 Å². The van der Waals surface area contributed by atoms with Gasteiger partial charge < -0.3 is 30.9 Å². The molecule has 1 aromatic heterocycles. The number of fused-ring (bicyclic) bond motifs is 1. The zero-order valence-electron chi connectivity index (χ0n) is 18.7. The molecule has 1 aliphatic rings. The number of benzene rings is 2. The minimum Gasteiger partial charge on any atom is -0.423 e. The van der Waals surface area contributed by atoms with E-state index < -0.39 is 13.0 Å². The third kappa shape index (κ3) is 4.45. The molecule has 2 aromatic carbocycles. The van der Waals surface area contributed by atoms with Gasteiger partial charge in [0.15, 0.2) is 11.6 Å². The van der Waals surface area contributed by atoms with Crippen LogP contribution in [0.1, 0.15) is 28.4 Å². The molecule has 33 heavy (non-hydrogen) atoms. The molecule has 170 valence electrons. The van der Waals surface area contributed by atoms with Crippen molar-refractivity contribution in [1.29, 1.82) is 0 Å². The van der Waals surface area contributed by atoms with Gasteiger partial charge in [-0.05, 0) is 42.1 Å². The highest BCUT2D eigenvalue weighted by Gasteiger charge is 2.32. The molecule has 10 nitrogen and oxygen atoms in total.